The van der Waals surface area contributed by atoms with Crippen molar-refractivity contribution in [1.82, 2.24) is 4.98 Å². The number of hydrogen-bond acceptors (Lipinski definition) is 4. The van der Waals surface area contributed by atoms with Gasteiger partial charge in [0, 0.05) is 12.1 Å². The number of ether oxygens (including phenoxy) is 1. The highest BCUT2D eigenvalue weighted by Gasteiger charge is 2.01. The molecule has 92 valence electrons. The molecule has 0 amide bonds. The molecule has 2 N–H and O–H groups in total. The number of rotatable bonds is 5. The summed E-state index contributed by atoms with van der Waals surface area (Å²) < 4.78 is 17.6. The third-order valence-electron chi connectivity index (χ3n) is 2.04. The number of aromatic nitrogens is 1. The molecule has 1 aromatic heterocycles. The summed E-state index contributed by atoms with van der Waals surface area (Å²) in [5.74, 6) is -0.964. The van der Waals surface area contributed by atoms with E-state index in [2.05, 4.69) is 4.98 Å². The summed E-state index contributed by atoms with van der Waals surface area (Å²) >= 11 is 0. The SMILES string of the molecule is CCCCOC(=O)C=Cc1ncc(F)cc1N. The number of pyridine rings is 1. The Morgan fingerprint density at radius 3 is 3.06 bits per heavy atom. The van der Waals surface area contributed by atoms with Crippen molar-refractivity contribution in [2.45, 2.75) is 19.8 Å². The van der Waals surface area contributed by atoms with E-state index in [0.717, 1.165) is 25.1 Å². The molecular formula is C12H15FN2O2. The number of carbonyl (C=O) groups is 1. The number of nitrogens with zero attached hydrogens (tertiary/aromatic N) is 1. The maximum absolute atomic E-state index is 12.7. The lowest BCUT2D eigenvalue weighted by Gasteiger charge is -2.00. The van der Waals surface area contributed by atoms with Gasteiger partial charge in [-0.15, -0.1) is 0 Å². The number of nitrogen functional groups attached to an aromatic ring is 1. The van der Waals surface area contributed by atoms with E-state index in [4.69, 9.17) is 10.5 Å². The fourth-order valence-electron chi connectivity index (χ4n) is 1.12. The van der Waals surface area contributed by atoms with Crippen molar-refractivity contribution in [2.24, 2.45) is 0 Å². The minimum atomic E-state index is -0.509. The standard InChI is InChI=1S/C12H15FN2O2/c1-2-3-6-17-12(16)5-4-11-10(14)7-9(13)8-15-11/h4-5,7-8H,2-3,6,14H2,1H3. The smallest absolute Gasteiger partial charge is 0.330 e. The normalized spacial score (nSPS) is 10.7. The molecule has 0 saturated carbocycles. The second-order valence-electron chi connectivity index (χ2n) is 3.48. The van der Waals surface area contributed by atoms with Crippen LogP contribution in [0.1, 0.15) is 25.5 Å². The number of anilines is 1. The van der Waals surface area contributed by atoms with Gasteiger partial charge >= 0.3 is 5.97 Å². The van der Waals surface area contributed by atoms with Gasteiger partial charge in [-0.1, -0.05) is 13.3 Å². The summed E-state index contributed by atoms with van der Waals surface area (Å²) in [6, 6.07) is 1.15. The van der Waals surface area contributed by atoms with Crippen molar-refractivity contribution >= 4 is 17.7 Å². The van der Waals surface area contributed by atoms with E-state index >= 15 is 0 Å². The van der Waals surface area contributed by atoms with Crippen LogP contribution in [0, 0.1) is 5.82 Å². The summed E-state index contributed by atoms with van der Waals surface area (Å²) in [5, 5.41) is 0. The van der Waals surface area contributed by atoms with Gasteiger partial charge in [0.15, 0.2) is 0 Å². The van der Waals surface area contributed by atoms with Gasteiger partial charge in [0.1, 0.15) is 5.82 Å². The molecule has 0 aliphatic rings. The van der Waals surface area contributed by atoms with Gasteiger partial charge < -0.3 is 10.5 Å². The van der Waals surface area contributed by atoms with Gasteiger partial charge in [0.05, 0.1) is 24.2 Å². The molecule has 0 saturated heterocycles. The summed E-state index contributed by atoms with van der Waals surface area (Å²) in [4.78, 5) is 15.0. The molecule has 0 aliphatic heterocycles. The third kappa shape index (κ3) is 4.63. The van der Waals surface area contributed by atoms with Crippen LogP contribution in [0.4, 0.5) is 10.1 Å². The number of unbranched alkanes of at least 4 members (excludes halogenated alkanes) is 1. The molecule has 0 aromatic carbocycles. The minimum Gasteiger partial charge on any atom is -0.463 e. The van der Waals surface area contributed by atoms with E-state index in [-0.39, 0.29) is 5.69 Å². The van der Waals surface area contributed by atoms with E-state index in [1.807, 2.05) is 6.92 Å². The first-order valence-corrected chi connectivity index (χ1v) is 5.39. The summed E-state index contributed by atoms with van der Waals surface area (Å²) in [6.07, 6.45) is 5.47. The predicted octanol–water partition coefficient (Wildman–Crippen LogP) is 2.16. The Morgan fingerprint density at radius 1 is 1.65 bits per heavy atom. The quantitative estimate of drug-likeness (QED) is 0.485. The van der Waals surface area contributed by atoms with Crippen LogP contribution in [-0.2, 0) is 9.53 Å². The Labute approximate surface area is 99.3 Å². The van der Waals surface area contributed by atoms with Gasteiger partial charge in [0.25, 0.3) is 0 Å². The lowest BCUT2D eigenvalue weighted by Crippen LogP contribution is -2.02. The summed E-state index contributed by atoms with van der Waals surface area (Å²) in [6.45, 7) is 2.40. The highest BCUT2D eigenvalue weighted by atomic mass is 19.1. The fraction of sp³-hybridized carbons (Fsp3) is 0.333. The molecule has 17 heavy (non-hydrogen) atoms. The maximum atomic E-state index is 12.7. The summed E-state index contributed by atoms with van der Waals surface area (Å²) in [7, 11) is 0. The number of esters is 1. The number of hydrogen-bond donors (Lipinski definition) is 1. The Balaban J connectivity index is 2.55. The van der Waals surface area contributed by atoms with E-state index < -0.39 is 11.8 Å². The van der Waals surface area contributed by atoms with E-state index in [9.17, 15) is 9.18 Å². The van der Waals surface area contributed by atoms with Gasteiger partial charge in [-0.2, -0.15) is 0 Å². The van der Waals surface area contributed by atoms with Crippen LogP contribution in [0.2, 0.25) is 0 Å². The van der Waals surface area contributed by atoms with Crippen LogP contribution >= 0.6 is 0 Å². The highest BCUT2D eigenvalue weighted by Crippen LogP contribution is 2.11. The Kier molecular flexibility index (Phi) is 5.13. The average molecular weight is 238 g/mol. The first-order valence-electron chi connectivity index (χ1n) is 5.39. The number of nitrogens with two attached hydrogens (primary N) is 1. The predicted molar refractivity (Wildman–Crippen MR) is 63.5 cm³/mol. The van der Waals surface area contributed by atoms with Crippen LogP contribution in [0.3, 0.4) is 0 Å². The maximum Gasteiger partial charge on any atom is 0.330 e. The molecule has 0 spiro atoms. The Hall–Kier alpha value is -1.91. The van der Waals surface area contributed by atoms with Gasteiger partial charge in [-0.05, 0) is 12.5 Å². The van der Waals surface area contributed by atoms with E-state index in [0.29, 0.717) is 12.3 Å². The van der Waals surface area contributed by atoms with Gasteiger partial charge in [0.2, 0.25) is 0 Å². The number of carbonyl (C=O) groups excluding carboxylic acids is 1. The molecule has 0 unspecified atom stereocenters. The zero-order chi connectivity index (χ0) is 12.7. The highest BCUT2D eigenvalue weighted by molar-refractivity contribution is 5.87. The monoisotopic (exact) mass is 238 g/mol. The molecule has 0 fully saturated rings. The zero-order valence-corrected chi connectivity index (χ0v) is 9.65. The fourth-order valence-corrected chi connectivity index (χ4v) is 1.12. The van der Waals surface area contributed by atoms with Crippen molar-refractivity contribution in [3.8, 4) is 0 Å². The van der Waals surface area contributed by atoms with Crippen molar-refractivity contribution in [3.63, 3.8) is 0 Å². The minimum absolute atomic E-state index is 0.183. The van der Waals surface area contributed by atoms with Crippen LogP contribution in [0.15, 0.2) is 18.3 Å². The lowest BCUT2D eigenvalue weighted by molar-refractivity contribution is -0.137. The van der Waals surface area contributed by atoms with Crippen LogP contribution in [-0.4, -0.2) is 17.6 Å². The van der Waals surface area contributed by atoms with E-state index in [1.165, 1.54) is 12.2 Å². The second kappa shape index (κ2) is 6.62. The molecule has 5 heteroatoms. The van der Waals surface area contributed by atoms with Crippen molar-refractivity contribution in [1.29, 1.82) is 0 Å². The van der Waals surface area contributed by atoms with Crippen LogP contribution in [0.5, 0.6) is 0 Å². The van der Waals surface area contributed by atoms with Crippen LogP contribution < -0.4 is 5.73 Å². The van der Waals surface area contributed by atoms with E-state index in [1.54, 1.807) is 0 Å². The molecule has 1 aromatic rings. The summed E-state index contributed by atoms with van der Waals surface area (Å²) in [5.41, 5.74) is 6.05. The molecule has 0 aliphatic carbocycles. The molecule has 0 radical (unpaired) electrons. The third-order valence-corrected chi connectivity index (χ3v) is 2.04. The van der Waals surface area contributed by atoms with Crippen molar-refractivity contribution in [2.75, 3.05) is 12.3 Å². The molecular weight excluding hydrogens is 223 g/mol. The Bertz CT molecular complexity index is 419. The first-order chi connectivity index (χ1) is 8.13. The first kappa shape index (κ1) is 13.2. The topological polar surface area (TPSA) is 65.2 Å². The van der Waals surface area contributed by atoms with Crippen molar-refractivity contribution < 1.29 is 13.9 Å². The molecule has 1 heterocycles. The average Bonchev–Trinajstić information content (AvgIpc) is 2.28. The Morgan fingerprint density at radius 2 is 2.41 bits per heavy atom. The number of halogens is 1. The van der Waals surface area contributed by atoms with Gasteiger partial charge in [-0.3, -0.25) is 4.98 Å². The van der Waals surface area contributed by atoms with Gasteiger partial charge in [-0.25, -0.2) is 9.18 Å². The molecule has 0 bridgehead atoms. The molecule has 0 atom stereocenters. The molecule has 4 nitrogen and oxygen atoms in total. The van der Waals surface area contributed by atoms with Crippen LogP contribution in [0.25, 0.3) is 6.08 Å². The largest absolute Gasteiger partial charge is 0.463 e. The van der Waals surface area contributed by atoms with Crippen molar-refractivity contribution in [3.05, 3.63) is 29.9 Å². The lowest BCUT2D eigenvalue weighted by atomic mass is 10.3. The second-order valence-corrected chi connectivity index (χ2v) is 3.48. The molecule has 1 rings (SSSR count). The zero-order valence-electron chi connectivity index (χ0n) is 9.65.